The van der Waals surface area contributed by atoms with Crippen LogP contribution in [0.5, 0.6) is 11.5 Å². The Morgan fingerprint density at radius 3 is 2.64 bits per heavy atom. The predicted octanol–water partition coefficient (Wildman–Crippen LogP) is 4.43. The summed E-state index contributed by atoms with van der Waals surface area (Å²) in [6.07, 6.45) is 5.71. The van der Waals surface area contributed by atoms with E-state index >= 15 is 0 Å². The largest absolute Gasteiger partial charge is 0.493 e. The van der Waals surface area contributed by atoms with Crippen molar-refractivity contribution in [1.29, 1.82) is 0 Å². The molecule has 2 aliphatic rings. The first-order valence-electron chi connectivity index (χ1n) is 9.17. The van der Waals surface area contributed by atoms with E-state index in [9.17, 15) is 4.39 Å². The highest BCUT2D eigenvalue weighted by atomic mass is 19.1. The third-order valence-corrected chi connectivity index (χ3v) is 5.48. The molecule has 1 fully saturated rings. The minimum Gasteiger partial charge on any atom is -0.493 e. The molecule has 0 spiro atoms. The lowest BCUT2D eigenvalue weighted by atomic mass is 9.93. The van der Waals surface area contributed by atoms with Crippen LogP contribution in [0.1, 0.15) is 43.4 Å². The lowest BCUT2D eigenvalue weighted by Gasteiger charge is -2.28. The van der Waals surface area contributed by atoms with Crippen molar-refractivity contribution < 1.29 is 13.9 Å². The minimum absolute atomic E-state index is 0.187. The molecule has 0 unspecified atom stereocenters. The Hall–Kier alpha value is -2.04. The average Bonchev–Trinajstić information content (AvgIpc) is 3.08. The van der Waals surface area contributed by atoms with Crippen molar-refractivity contribution in [2.24, 2.45) is 0 Å². The number of methoxy groups -OCH3 is 2. The Labute approximate surface area is 147 Å². The molecule has 0 radical (unpaired) electrons. The smallest absolute Gasteiger partial charge is 0.162 e. The van der Waals surface area contributed by atoms with Gasteiger partial charge in [0, 0.05) is 28.9 Å². The standard InChI is InChI=1S/C20H25FN2O2/c1-24-18-10-15-17(11-19(18)25-2)23-16-8-4-7-14(16)20(15)22-13-6-3-5-12(21)9-13/h10-13H,3-9H2,1-2H3,(H,22,23)/t12-,13-/m0/s1. The van der Waals surface area contributed by atoms with Crippen molar-refractivity contribution in [3.8, 4) is 11.5 Å². The van der Waals surface area contributed by atoms with Gasteiger partial charge in [-0.25, -0.2) is 4.39 Å². The number of hydrogen-bond donors (Lipinski definition) is 1. The van der Waals surface area contributed by atoms with Crippen LogP contribution in [-0.2, 0) is 12.8 Å². The lowest BCUT2D eigenvalue weighted by molar-refractivity contribution is 0.239. The van der Waals surface area contributed by atoms with E-state index in [0.29, 0.717) is 24.3 Å². The molecule has 0 amide bonds. The molecule has 1 N–H and O–H groups in total. The number of nitrogens with zero attached hydrogens (tertiary/aromatic N) is 1. The van der Waals surface area contributed by atoms with E-state index in [1.165, 1.54) is 5.56 Å². The van der Waals surface area contributed by atoms with Gasteiger partial charge in [0.05, 0.1) is 19.7 Å². The van der Waals surface area contributed by atoms with Gasteiger partial charge >= 0.3 is 0 Å². The molecule has 4 rings (SSSR count). The first kappa shape index (κ1) is 16.4. The zero-order chi connectivity index (χ0) is 17.4. The minimum atomic E-state index is -0.693. The topological polar surface area (TPSA) is 43.4 Å². The fourth-order valence-electron chi connectivity index (χ4n) is 4.22. The van der Waals surface area contributed by atoms with Gasteiger partial charge < -0.3 is 14.8 Å². The van der Waals surface area contributed by atoms with Gasteiger partial charge in [-0.15, -0.1) is 0 Å². The van der Waals surface area contributed by atoms with E-state index in [1.807, 2.05) is 12.1 Å². The number of benzene rings is 1. The maximum atomic E-state index is 13.9. The SMILES string of the molecule is COc1cc2nc3c(c(N[C@H]4CCC[C@H](F)C4)c2cc1OC)CCC3. The molecule has 25 heavy (non-hydrogen) atoms. The molecular formula is C20H25FN2O2. The predicted molar refractivity (Wildman–Crippen MR) is 97.6 cm³/mol. The summed E-state index contributed by atoms with van der Waals surface area (Å²) < 4.78 is 24.8. The van der Waals surface area contributed by atoms with Gasteiger partial charge in [0.1, 0.15) is 6.17 Å². The Bertz CT molecular complexity index is 793. The molecule has 0 saturated heterocycles. The summed E-state index contributed by atoms with van der Waals surface area (Å²) in [5, 5.41) is 4.71. The second-order valence-electron chi connectivity index (χ2n) is 7.10. The molecule has 2 aromatic rings. The molecule has 2 aliphatic carbocycles. The fraction of sp³-hybridized carbons (Fsp3) is 0.550. The third-order valence-electron chi connectivity index (χ3n) is 5.48. The molecule has 0 aliphatic heterocycles. The first-order chi connectivity index (χ1) is 12.2. The number of aryl methyl sites for hydroxylation is 1. The van der Waals surface area contributed by atoms with Gasteiger partial charge in [-0.3, -0.25) is 4.98 Å². The summed E-state index contributed by atoms with van der Waals surface area (Å²) in [5.41, 5.74) is 4.49. The number of rotatable bonds is 4. The maximum Gasteiger partial charge on any atom is 0.162 e. The normalized spacial score (nSPS) is 22.7. The average molecular weight is 344 g/mol. The molecule has 1 aromatic carbocycles. The van der Waals surface area contributed by atoms with E-state index in [0.717, 1.165) is 54.4 Å². The van der Waals surface area contributed by atoms with Gasteiger partial charge in [0.2, 0.25) is 0 Å². The summed E-state index contributed by atoms with van der Waals surface area (Å²) in [7, 11) is 3.28. The van der Waals surface area contributed by atoms with Crippen LogP contribution in [0.4, 0.5) is 10.1 Å². The van der Waals surface area contributed by atoms with Crippen LogP contribution in [0.2, 0.25) is 0 Å². The molecule has 1 aromatic heterocycles. The summed E-state index contributed by atoms with van der Waals surface area (Å²) in [6, 6.07) is 4.13. The monoisotopic (exact) mass is 344 g/mol. The zero-order valence-corrected chi connectivity index (χ0v) is 14.9. The number of halogens is 1. The molecule has 5 heteroatoms. The first-order valence-corrected chi connectivity index (χ1v) is 9.17. The van der Waals surface area contributed by atoms with Crippen molar-refractivity contribution in [3.05, 3.63) is 23.4 Å². The Balaban J connectivity index is 1.82. The van der Waals surface area contributed by atoms with Crippen molar-refractivity contribution in [1.82, 2.24) is 4.98 Å². The Kier molecular flexibility index (Phi) is 4.40. The maximum absolute atomic E-state index is 13.9. The van der Waals surface area contributed by atoms with Crippen LogP contribution in [0.3, 0.4) is 0 Å². The number of anilines is 1. The van der Waals surface area contributed by atoms with Crippen molar-refractivity contribution >= 4 is 16.6 Å². The highest BCUT2D eigenvalue weighted by Gasteiger charge is 2.26. The van der Waals surface area contributed by atoms with Crippen LogP contribution in [0.25, 0.3) is 10.9 Å². The lowest BCUT2D eigenvalue weighted by Crippen LogP contribution is -2.28. The van der Waals surface area contributed by atoms with E-state index in [2.05, 4.69) is 5.32 Å². The number of nitrogens with one attached hydrogen (secondary N) is 1. The second kappa shape index (κ2) is 6.70. The van der Waals surface area contributed by atoms with Gasteiger partial charge in [-0.1, -0.05) is 0 Å². The van der Waals surface area contributed by atoms with E-state index in [1.54, 1.807) is 14.2 Å². The third kappa shape index (κ3) is 3.00. The molecule has 2 atom stereocenters. The summed E-state index contributed by atoms with van der Waals surface area (Å²) in [6.45, 7) is 0. The zero-order valence-electron chi connectivity index (χ0n) is 14.9. The van der Waals surface area contributed by atoms with Crippen LogP contribution >= 0.6 is 0 Å². The quantitative estimate of drug-likeness (QED) is 0.891. The highest BCUT2D eigenvalue weighted by molar-refractivity contribution is 5.96. The van der Waals surface area contributed by atoms with Crippen LogP contribution in [-0.4, -0.2) is 31.4 Å². The van der Waals surface area contributed by atoms with Crippen LogP contribution in [0.15, 0.2) is 12.1 Å². The van der Waals surface area contributed by atoms with Crippen molar-refractivity contribution in [2.75, 3.05) is 19.5 Å². The Morgan fingerprint density at radius 1 is 1.08 bits per heavy atom. The molecule has 4 nitrogen and oxygen atoms in total. The van der Waals surface area contributed by atoms with E-state index in [4.69, 9.17) is 14.5 Å². The van der Waals surface area contributed by atoms with E-state index < -0.39 is 6.17 Å². The van der Waals surface area contributed by atoms with Gasteiger partial charge in [-0.05, 0) is 56.6 Å². The molecule has 0 bridgehead atoms. The number of ether oxygens (including phenoxy) is 2. The van der Waals surface area contributed by atoms with Gasteiger partial charge in [-0.2, -0.15) is 0 Å². The summed E-state index contributed by atoms with van der Waals surface area (Å²) in [5.74, 6) is 1.39. The number of aromatic nitrogens is 1. The molecular weight excluding hydrogens is 319 g/mol. The molecule has 1 heterocycles. The van der Waals surface area contributed by atoms with Crippen LogP contribution in [0, 0.1) is 0 Å². The van der Waals surface area contributed by atoms with Gasteiger partial charge in [0.15, 0.2) is 11.5 Å². The molecule has 134 valence electrons. The van der Waals surface area contributed by atoms with E-state index in [-0.39, 0.29) is 6.04 Å². The van der Waals surface area contributed by atoms with Crippen molar-refractivity contribution in [3.63, 3.8) is 0 Å². The van der Waals surface area contributed by atoms with Crippen molar-refractivity contribution in [2.45, 2.75) is 57.2 Å². The van der Waals surface area contributed by atoms with Crippen LogP contribution < -0.4 is 14.8 Å². The number of hydrogen-bond acceptors (Lipinski definition) is 4. The summed E-state index contributed by atoms with van der Waals surface area (Å²) >= 11 is 0. The number of alkyl halides is 1. The van der Waals surface area contributed by atoms with Gasteiger partial charge in [0.25, 0.3) is 0 Å². The second-order valence-corrected chi connectivity index (χ2v) is 7.10. The number of fused-ring (bicyclic) bond motifs is 2. The number of pyridine rings is 1. The Morgan fingerprint density at radius 2 is 1.88 bits per heavy atom. The summed E-state index contributed by atoms with van der Waals surface area (Å²) in [4.78, 5) is 4.86. The highest BCUT2D eigenvalue weighted by Crippen LogP contribution is 2.40. The molecule has 1 saturated carbocycles. The fourth-order valence-corrected chi connectivity index (χ4v) is 4.22.